The van der Waals surface area contributed by atoms with Crippen LogP contribution in [0.4, 0.5) is 11.4 Å². The zero-order valence-corrected chi connectivity index (χ0v) is 21.2. The van der Waals surface area contributed by atoms with Gasteiger partial charge in [0.05, 0.1) is 11.4 Å². The number of thioether (sulfide) groups is 1. The molecule has 0 saturated heterocycles. The van der Waals surface area contributed by atoms with Gasteiger partial charge in [-0.15, -0.1) is 0 Å². The molecule has 2 N–H and O–H groups in total. The van der Waals surface area contributed by atoms with Gasteiger partial charge in [0.1, 0.15) is 10.6 Å². The number of aromatic hydroxyl groups is 1. The zero-order valence-electron chi connectivity index (χ0n) is 18.8. The number of aromatic nitrogens is 2. The van der Waals surface area contributed by atoms with Crippen LogP contribution in [0.2, 0.25) is 10.0 Å². The van der Waals surface area contributed by atoms with Gasteiger partial charge in [0.2, 0.25) is 11.8 Å². The van der Waals surface area contributed by atoms with Crippen molar-refractivity contribution in [1.82, 2.24) is 9.13 Å². The maximum absolute atomic E-state index is 12.9. The highest BCUT2D eigenvalue weighted by Crippen LogP contribution is 2.26. The van der Waals surface area contributed by atoms with Crippen molar-refractivity contribution in [2.75, 3.05) is 11.1 Å². The number of nitrogens with zero attached hydrogens (tertiary/aromatic N) is 3. The summed E-state index contributed by atoms with van der Waals surface area (Å²) in [6, 6.07) is 10.1. The summed E-state index contributed by atoms with van der Waals surface area (Å²) in [5, 5.41) is 14.1. The molecule has 0 atom stereocenters. The Bertz CT molecular complexity index is 1410. The molecule has 0 radical (unpaired) electrons. The number of hydrogen-bond donors (Lipinski definition) is 2. The molecule has 0 unspecified atom stereocenters. The molecule has 0 aliphatic heterocycles. The molecular formula is C23H22Cl2N4O4S. The first-order valence-corrected chi connectivity index (χ1v) is 11.8. The minimum Gasteiger partial charge on any atom is -0.494 e. The number of rotatable bonds is 5. The lowest BCUT2D eigenvalue weighted by Crippen LogP contribution is -2.39. The summed E-state index contributed by atoms with van der Waals surface area (Å²) in [7, 11) is 2.65. The predicted molar refractivity (Wildman–Crippen MR) is 138 cm³/mol. The Morgan fingerprint density at radius 2 is 1.68 bits per heavy atom. The quantitative estimate of drug-likeness (QED) is 0.388. The third kappa shape index (κ3) is 5.72. The second-order valence-corrected chi connectivity index (χ2v) is 9.42. The first-order chi connectivity index (χ1) is 16.0. The molecule has 0 fully saturated rings. The minimum atomic E-state index is -0.724. The standard InChI is InChI=1S/C23H22Cl2N4O4S/c1-12-5-6-16(7-13(12)2)27-20(19-21(31)28(3)23(33)29(4)22(19)32)34-11-18(30)26-17-9-14(24)8-15(25)10-17/h5-10,31H,11H2,1-4H3,(H,26,30). The molecule has 3 aromatic rings. The summed E-state index contributed by atoms with van der Waals surface area (Å²) >= 11 is 12.9. The van der Waals surface area contributed by atoms with Crippen LogP contribution >= 0.6 is 35.0 Å². The van der Waals surface area contributed by atoms with E-state index < -0.39 is 23.0 Å². The number of aliphatic imine (C=N–C) groups is 1. The lowest BCUT2D eigenvalue weighted by atomic mass is 10.1. The van der Waals surface area contributed by atoms with Crippen LogP contribution in [0.25, 0.3) is 0 Å². The van der Waals surface area contributed by atoms with Crippen LogP contribution in [0.15, 0.2) is 51.0 Å². The highest BCUT2D eigenvalue weighted by Gasteiger charge is 2.22. The number of carbonyl (C=O) groups is 1. The van der Waals surface area contributed by atoms with E-state index in [1.165, 1.54) is 14.1 Å². The summed E-state index contributed by atoms with van der Waals surface area (Å²) < 4.78 is 1.82. The number of nitrogens with one attached hydrogen (secondary N) is 1. The maximum Gasteiger partial charge on any atom is 0.333 e. The van der Waals surface area contributed by atoms with Crippen molar-refractivity contribution in [2.45, 2.75) is 13.8 Å². The number of hydrogen-bond acceptors (Lipinski definition) is 6. The van der Waals surface area contributed by atoms with Gasteiger partial charge in [0.15, 0.2) is 0 Å². The summed E-state index contributed by atoms with van der Waals surface area (Å²) in [5.74, 6) is -1.08. The fourth-order valence-electron chi connectivity index (χ4n) is 3.05. The van der Waals surface area contributed by atoms with Crippen LogP contribution in [0.5, 0.6) is 5.88 Å². The highest BCUT2D eigenvalue weighted by atomic mass is 35.5. The van der Waals surface area contributed by atoms with E-state index in [1.807, 2.05) is 26.0 Å². The van der Waals surface area contributed by atoms with Gasteiger partial charge in [-0.25, -0.2) is 9.79 Å². The molecule has 178 valence electrons. The molecular weight excluding hydrogens is 499 g/mol. The molecule has 0 aliphatic rings. The Morgan fingerprint density at radius 1 is 1.03 bits per heavy atom. The second-order valence-electron chi connectivity index (χ2n) is 7.58. The molecule has 34 heavy (non-hydrogen) atoms. The van der Waals surface area contributed by atoms with Crippen molar-refractivity contribution >= 4 is 57.3 Å². The van der Waals surface area contributed by atoms with Crippen molar-refractivity contribution in [3.8, 4) is 5.88 Å². The van der Waals surface area contributed by atoms with Crippen LogP contribution in [0, 0.1) is 13.8 Å². The van der Waals surface area contributed by atoms with E-state index >= 15 is 0 Å². The van der Waals surface area contributed by atoms with Crippen molar-refractivity contribution in [1.29, 1.82) is 0 Å². The van der Waals surface area contributed by atoms with E-state index in [4.69, 9.17) is 23.2 Å². The zero-order chi connectivity index (χ0) is 25.2. The Kier molecular flexibility index (Phi) is 7.91. The molecule has 8 nitrogen and oxygen atoms in total. The minimum absolute atomic E-state index is 0.0937. The lowest BCUT2D eigenvalue weighted by Gasteiger charge is -2.13. The van der Waals surface area contributed by atoms with Crippen LogP contribution < -0.4 is 16.6 Å². The molecule has 1 amide bonds. The third-order valence-electron chi connectivity index (χ3n) is 5.05. The van der Waals surface area contributed by atoms with E-state index in [-0.39, 0.29) is 16.4 Å². The number of carbonyl (C=O) groups excluding carboxylic acids is 1. The Balaban J connectivity index is 2.00. The second kappa shape index (κ2) is 10.5. The van der Waals surface area contributed by atoms with E-state index in [1.54, 1.807) is 24.3 Å². The van der Waals surface area contributed by atoms with E-state index in [0.717, 1.165) is 32.0 Å². The third-order valence-corrected chi connectivity index (χ3v) is 6.47. The van der Waals surface area contributed by atoms with E-state index in [0.29, 0.717) is 21.4 Å². The predicted octanol–water partition coefficient (Wildman–Crippen LogP) is 4.16. The molecule has 0 spiro atoms. The number of halogens is 2. The SMILES string of the molecule is Cc1ccc(N=C(SCC(=O)Nc2cc(Cl)cc(Cl)c2)c2c(O)n(C)c(=O)n(C)c2=O)cc1C. The molecule has 1 heterocycles. The van der Waals surface area contributed by atoms with Gasteiger partial charge >= 0.3 is 5.69 Å². The number of anilines is 1. The Labute approximate surface area is 209 Å². The largest absolute Gasteiger partial charge is 0.494 e. The normalized spacial score (nSPS) is 11.5. The maximum atomic E-state index is 12.9. The average molecular weight is 521 g/mol. The fourth-order valence-corrected chi connectivity index (χ4v) is 4.41. The van der Waals surface area contributed by atoms with Gasteiger partial charge in [-0.2, -0.15) is 0 Å². The first kappa shape index (κ1) is 25.6. The van der Waals surface area contributed by atoms with Gasteiger partial charge in [-0.1, -0.05) is 41.0 Å². The molecule has 0 bridgehead atoms. The molecule has 0 aliphatic carbocycles. The lowest BCUT2D eigenvalue weighted by molar-refractivity contribution is -0.113. The summed E-state index contributed by atoms with van der Waals surface area (Å²) in [5.41, 5.74) is 1.41. The number of amides is 1. The van der Waals surface area contributed by atoms with Crippen LogP contribution in [0.3, 0.4) is 0 Å². The topological polar surface area (TPSA) is 106 Å². The molecule has 11 heteroatoms. The van der Waals surface area contributed by atoms with Gasteiger partial charge in [-0.3, -0.25) is 18.7 Å². The highest BCUT2D eigenvalue weighted by molar-refractivity contribution is 8.15. The van der Waals surface area contributed by atoms with Crippen molar-refractivity contribution in [3.63, 3.8) is 0 Å². The van der Waals surface area contributed by atoms with E-state index in [2.05, 4.69) is 10.3 Å². The van der Waals surface area contributed by atoms with Crippen molar-refractivity contribution in [2.24, 2.45) is 19.1 Å². The van der Waals surface area contributed by atoms with Gasteiger partial charge in [0, 0.05) is 29.8 Å². The molecule has 3 rings (SSSR count). The van der Waals surface area contributed by atoms with E-state index in [9.17, 15) is 19.5 Å². The van der Waals surface area contributed by atoms with Crippen molar-refractivity contribution < 1.29 is 9.90 Å². The number of benzene rings is 2. The van der Waals surface area contributed by atoms with Crippen molar-refractivity contribution in [3.05, 3.63) is 84.0 Å². The fraction of sp³-hybridized carbons (Fsp3) is 0.217. The monoisotopic (exact) mass is 520 g/mol. The van der Waals surface area contributed by atoms with Crippen LogP contribution in [0.1, 0.15) is 16.7 Å². The Hall–Kier alpha value is -3.01. The first-order valence-electron chi connectivity index (χ1n) is 10.0. The number of aryl methyl sites for hydroxylation is 2. The van der Waals surface area contributed by atoms with Gasteiger partial charge in [-0.05, 0) is 55.3 Å². The van der Waals surface area contributed by atoms with Crippen LogP contribution in [-0.4, -0.2) is 30.9 Å². The van der Waals surface area contributed by atoms with Crippen LogP contribution in [-0.2, 0) is 18.9 Å². The summed E-state index contributed by atoms with van der Waals surface area (Å²) in [6.45, 7) is 3.88. The molecule has 1 aromatic heterocycles. The average Bonchev–Trinajstić information content (AvgIpc) is 2.76. The Morgan fingerprint density at radius 3 is 2.29 bits per heavy atom. The molecule has 2 aromatic carbocycles. The van der Waals surface area contributed by atoms with Gasteiger partial charge in [0.25, 0.3) is 5.56 Å². The summed E-state index contributed by atoms with van der Waals surface area (Å²) in [4.78, 5) is 42.2. The smallest absolute Gasteiger partial charge is 0.333 e. The summed E-state index contributed by atoms with van der Waals surface area (Å²) in [6.07, 6.45) is 0. The molecule has 0 saturated carbocycles. The van der Waals surface area contributed by atoms with Gasteiger partial charge < -0.3 is 10.4 Å².